The molecule has 1 N–H and O–H groups in total. The molecule has 2 nitrogen and oxygen atoms in total. The van der Waals surface area contributed by atoms with E-state index in [1.54, 1.807) is 6.20 Å². The summed E-state index contributed by atoms with van der Waals surface area (Å²) in [4.78, 5) is 15.5. The normalized spacial score (nSPS) is 10.9. The summed E-state index contributed by atoms with van der Waals surface area (Å²) in [6, 6.07) is 9.46. The highest BCUT2D eigenvalue weighted by Gasteiger charge is 2.18. The molecule has 3 rings (SSSR count). The Hall–Kier alpha value is -1.65. The lowest BCUT2D eigenvalue weighted by Gasteiger charge is -2.02. The number of carbonyl (C=O) groups is 1. The van der Waals surface area contributed by atoms with E-state index in [9.17, 15) is 9.18 Å². The minimum atomic E-state index is -0.578. The van der Waals surface area contributed by atoms with Gasteiger partial charge < -0.3 is 4.98 Å². The molecule has 3 aromatic rings. The highest BCUT2D eigenvalue weighted by atomic mass is 79.9. The van der Waals surface area contributed by atoms with E-state index in [1.165, 1.54) is 18.2 Å². The van der Waals surface area contributed by atoms with Gasteiger partial charge in [-0.05, 0) is 30.3 Å². The van der Waals surface area contributed by atoms with Gasteiger partial charge in [-0.2, -0.15) is 0 Å². The monoisotopic (exact) mass is 351 g/mol. The molecule has 0 saturated carbocycles. The number of benzene rings is 2. The topological polar surface area (TPSA) is 32.9 Å². The fourth-order valence-corrected chi connectivity index (χ4v) is 2.64. The van der Waals surface area contributed by atoms with Crippen molar-refractivity contribution in [2.45, 2.75) is 0 Å². The molecule has 0 amide bonds. The Bertz CT molecular complexity index is 828. The molecule has 0 saturated heterocycles. The van der Waals surface area contributed by atoms with Crippen LogP contribution >= 0.6 is 27.5 Å². The van der Waals surface area contributed by atoms with Gasteiger partial charge in [-0.3, -0.25) is 4.79 Å². The SMILES string of the molecule is O=C(c1cc(Cl)ccc1F)c1c[nH]c2cc(Br)ccc12. The molecule has 0 radical (unpaired) electrons. The average Bonchev–Trinajstić information content (AvgIpc) is 2.83. The van der Waals surface area contributed by atoms with Crippen LogP contribution in [0.4, 0.5) is 4.39 Å². The Morgan fingerprint density at radius 1 is 1.15 bits per heavy atom. The molecule has 1 aromatic heterocycles. The van der Waals surface area contributed by atoms with Gasteiger partial charge in [0, 0.05) is 32.2 Å². The number of aromatic nitrogens is 1. The van der Waals surface area contributed by atoms with E-state index in [-0.39, 0.29) is 5.56 Å². The summed E-state index contributed by atoms with van der Waals surface area (Å²) >= 11 is 9.19. The third kappa shape index (κ3) is 2.25. The van der Waals surface area contributed by atoms with Gasteiger partial charge in [0.15, 0.2) is 5.78 Å². The first-order valence-electron chi connectivity index (χ1n) is 5.82. The molecule has 0 bridgehead atoms. The first kappa shape index (κ1) is 13.3. The molecule has 0 aliphatic heterocycles. The average molecular weight is 353 g/mol. The van der Waals surface area contributed by atoms with E-state index in [0.29, 0.717) is 10.6 Å². The Labute approximate surface area is 127 Å². The molecular formula is C15H8BrClFNO. The lowest BCUT2D eigenvalue weighted by Crippen LogP contribution is -2.03. The largest absolute Gasteiger partial charge is 0.360 e. The predicted molar refractivity (Wildman–Crippen MR) is 80.8 cm³/mol. The van der Waals surface area contributed by atoms with Crippen molar-refractivity contribution in [1.82, 2.24) is 4.98 Å². The Morgan fingerprint density at radius 3 is 2.75 bits per heavy atom. The van der Waals surface area contributed by atoms with Crippen molar-refractivity contribution in [3.05, 3.63) is 69.0 Å². The molecule has 5 heteroatoms. The van der Waals surface area contributed by atoms with Gasteiger partial charge in [-0.1, -0.05) is 33.6 Å². The van der Waals surface area contributed by atoms with Crippen LogP contribution in [-0.4, -0.2) is 10.8 Å². The van der Waals surface area contributed by atoms with Gasteiger partial charge in [0.2, 0.25) is 0 Å². The van der Waals surface area contributed by atoms with E-state index in [4.69, 9.17) is 11.6 Å². The van der Waals surface area contributed by atoms with Crippen LogP contribution in [0.5, 0.6) is 0 Å². The van der Waals surface area contributed by atoms with Crippen molar-refractivity contribution in [2.75, 3.05) is 0 Å². The number of hydrogen-bond acceptors (Lipinski definition) is 1. The van der Waals surface area contributed by atoms with Crippen molar-refractivity contribution in [3.8, 4) is 0 Å². The Balaban J connectivity index is 2.15. The molecule has 0 unspecified atom stereocenters. The van der Waals surface area contributed by atoms with E-state index in [0.717, 1.165) is 15.4 Å². The number of fused-ring (bicyclic) bond motifs is 1. The molecule has 20 heavy (non-hydrogen) atoms. The van der Waals surface area contributed by atoms with Crippen molar-refractivity contribution in [3.63, 3.8) is 0 Å². The second kappa shape index (κ2) is 5.04. The highest BCUT2D eigenvalue weighted by Crippen LogP contribution is 2.26. The van der Waals surface area contributed by atoms with Crippen LogP contribution in [0.15, 0.2) is 47.1 Å². The smallest absolute Gasteiger partial charge is 0.198 e. The first-order valence-corrected chi connectivity index (χ1v) is 7.00. The third-order valence-electron chi connectivity index (χ3n) is 3.06. The molecule has 0 aliphatic carbocycles. The molecular weight excluding hydrogens is 345 g/mol. The van der Waals surface area contributed by atoms with Crippen molar-refractivity contribution in [1.29, 1.82) is 0 Å². The summed E-state index contributed by atoms with van der Waals surface area (Å²) < 4.78 is 14.7. The van der Waals surface area contributed by atoms with Gasteiger partial charge in [-0.15, -0.1) is 0 Å². The van der Waals surface area contributed by atoms with Crippen molar-refractivity contribution >= 4 is 44.2 Å². The standard InChI is InChI=1S/C15H8BrClFNO/c16-8-1-3-10-12(7-19-14(10)5-8)15(20)11-6-9(17)2-4-13(11)18/h1-7,19H. The van der Waals surface area contributed by atoms with E-state index in [1.807, 2.05) is 18.2 Å². The number of ketones is 1. The first-order chi connectivity index (χ1) is 9.56. The maximum Gasteiger partial charge on any atom is 0.198 e. The predicted octanol–water partition coefficient (Wildman–Crippen LogP) is 4.95. The molecule has 2 aromatic carbocycles. The van der Waals surface area contributed by atoms with Crippen molar-refractivity contribution < 1.29 is 9.18 Å². The van der Waals surface area contributed by atoms with Crippen LogP contribution in [-0.2, 0) is 0 Å². The quantitative estimate of drug-likeness (QED) is 0.650. The van der Waals surface area contributed by atoms with E-state index < -0.39 is 11.6 Å². The van der Waals surface area contributed by atoms with Gasteiger partial charge in [0.1, 0.15) is 5.82 Å². The fraction of sp³-hybridized carbons (Fsp3) is 0. The van der Waals surface area contributed by atoms with E-state index >= 15 is 0 Å². The molecule has 0 atom stereocenters. The van der Waals surface area contributed by atoms with E-state index in [2.05, 4.69) is 20.9 Å². The number of rotatable bonds is 2. The minimum absolute atomic E-state index is 0.0266. The summed E-state index contributed by atoms with van der Waals surface area (Å²) in [5.74, 6) is -0.968. The molecule has 100 valence electrons. The highest BCUT2D eigenvalue weighted by molar-refractivity contribution is 9.10. The maximum atomic E-state index is 13.8. The number of nitrogens with one attached hydrogen (secondary N) is 1. The van der Waals surface area contributed by atoms with Crippen LogP contribution in [0.25, 0.3) is 10.9 Å². The molecule has 0 fully saturated rings. The van der Waals surface area contributed by atoms with Crippen LogP contribution in [0.3, 0.4) is 0 Å². The van der Waals surface area contributed by atoms with Crippen molar-refractivity contribution in [2.24, 2.45) is 0 Å². The number of aromatic amines is 1. The number of halogens is 3. The van der Waals surface area contributed by atoms with Gasteiger partial charge >= 0.3 is 0 Å². The summed E-state index contributed by atoms with van der Waals surface area (Å²) in [7, 11) is 0. The Morgan fingerprint density at radius 2 is 1.95 bits per heavy atom. The molecule has 0 spiro atoms. The zero-order valence-electron chi connectivity index (χ0n) is 10.1. The third-order valence-corrected chi connectivity index (χ3v) is 3.79. The van der Waals surface area contributed by atoms with Gasteiger partial charge in [0.05, 0.1) is 5.56 Å². The van der Waals surface area contributed by atoms with Crippen LogP contribution in [0, 0.1) is 5.82 Å². The minimum Gasteiger partial charge on any atom is -0.360 e. The summed E-state index contributed by atoms with van der Waals surface area (Å²) in [5, 5.41) is 1.08. The van der Waals surface area contributed by atoms with Crippen LogP contribution < -0.4 is 0 Å². The maximum absolute atomic E-state index is 13.8. The molecule has 0 aliphatic rings. The number of hydrogen-bond donors (Lipinski definition) is 1. The zero-order chi connectivity index (χ0) is 14.3. The fourth-order valence-electron chi connectivity index (χ4n) is 2.10. The lowest BCUT2D eigenvalue weighted by atomic mass is 10.0. The lowest BCUT2D eigenvalue weighted by molar-refractivity contribution is 0.103. The van der Waals surface area contributed by atoms with Crippen LogP contribution in [0.2, 0.25) is 5.02 Å². The summed E-state index contributed by atoms with van der Waals surface area (Å²) in [6.45, 7) is 0. The van der Waals surface area contributed by atoms with Crippen LogP contribution in [0.1, 0.15) is 15.9 Å². The zero-order valence-corrected chi connectivity index (χ0v) is 12.4. The number of carbonyl (C=O) groups excluding carboxylic acids is 1. The number of H-pyrrole nitrogens is 1. The summed E-state index contributed by atoms with van der Waals surface area (Å²) in [6.07, 6.45) is 1.58. The van der Waals surface area contributed by atoms with Gasteiger partial charge in [-0.25, -0.2) is 4.39 Å². The van der Waals surface area contributed by atoms with Gasteiger partial charge in [0.25, 0.3) is 0 Å². The molecule has 1 heterocycles. The summed E-state index contributed by atoms with van der Waals surface area (Å²) in [5.41, 5.74) is 1.21. The Kier molecular flexibility index (Phi) is 3.36. The second-order valence-electron chi connectivity index (χ2n) is 4.35. The second-order valence-corrected chi connectivity index (χ2v) is 5.70.